The minimum absolute atomic E-state index is 0.0670. The fourth-order valence-corrected chi connectivity index (χ4v) is 4.13. The monoisotopic (exact) mass is 358 g/mol. The maximum absolute atomic E-state index is 12.9. The van der Waals surface area contributed by atoms with E-state index >= 15 is 0 Å². The molecule has 0 unspecified atom stereocenters. The second-order valence-corrected chi connectivity index (χ2v) is 7.28. The largest absolute Gasteiger partial charge is 0.481 e. The molecule has 1 amide bonds. The minimum atomic E-state index is -1.27. The smallest absolute Gasteiger partial charge is 0.314 e. The zero-order valence-electron chi connectivity index (χ0n) is 15.3. The number of aliphatic hydroxyl groups excluding tert-OH is 1. The lowest BCUT2D eigenvalue weighted by Gasteiger charge is -2.43. The van der Waals surface area contributed by atoms with Crippen molar-refractivity contribution in [3.63, 3.8) is 0 Å². The molecule has 26 heavy (non-hydrogen) atoms. The minimum Gasteiger partial charge on any atom is -0.481 e. The van der Waals surface area contributed by atoms with Crippen molar-refractivity contribution in [3.8, 4) is 0 Å². The summed E-state index contributed by atoms with van der Waals surface area (Å²) in [6.07, 6.45) is 0.615. The number of carbonyl (C=O) groups is 2. The average Bonchev–Trinajstić information content (AvgIpc) is 2.92. The summed E-state index contributed by atoms with van der Waals surface area (Å²) in [5.74, 6) is -1.11. The molecule has 0 bridgehead atoms. The number of carbonyl (C=O) groups excluding carboxylic acids is 1. The molecule has 1 aliphatic rings. The highest BCUT2D eigenvalue weighted by Crippen LogP contribution is 2.36. The molecule has 2 aromatic rings. The predicted molar refractivity (Wildman–Crippen MR) is 98.9 cm³/mol. The third kappa shape index (κ3) is 3.09. The summed E-state index contributed by atoms with van der Waals surface area (Å²) in [6.45, 7) is 4.30. The number of aryl methyl sites for hydroxylation is 1. The van der Waals surface area contributed by atoms with Gasteiger partial charge in [-0.15, -0.1) is 0 Å². The Labute approximate surface area is 152 Å². The number of amides is 1. The van der Waals surface area contributed by atoms with Crippen LogP contribution in [-0.2, 0) is 16.0 Å². The van der Waals surface area contributed by atoms with E-state index in [2.05, 4.69) is 4.98 Å². The van der Waals surface area contributed by atoms with E-state index in [0.717, 1.165) is 22.2 Å². The van der Waals surface area contributed by atoms with E-state index in [1.807, 2.05) is 38.1 Å². The fourth-order valence-electron chi connectivity index (χ4n) is 4.13. The maximum atomic E-state index is 12.9. The van der Waals surface area contributed by atoms with E-state index in [9.17, 15) is 19.8 Å². The molecule has 0 saturated carbocycles. The second kappa shape index (κ2) is 7.11. The van der Waals surface area contributed by atoms with Gasteiger partial charge < -0.3 is 20.1 Å². The molecule has 1 aromatic heterocycles. The number of fused-ring (bicyclic) bond motifs is 1. The third-order valence-electron chi connectivity index (χ3n) is 5.61. The summed E-state index contributed by atoms with van der Waals surface area (Å²) >= 11 is 0. The van der Waals surface area contributed by atoms with Gasteiger partial charge in [-0.25, -0.2) is 0 Å². The Morgan fingerprint density at radius 3 is 2.77 bits per heavy atom. The second-order valence-electron chi connectivity index (χ2n) is 7.28. The molecular formula is C20H26N2O4. The van der Waals surface area contributed by atoms with Gasteiger partial charge in [0, 0.05) is 29.7 Å². The van der Waals surface area contributed by atoms with Crippen molar-refractivity contribution in [3.05, 3.63) is 35.5 Å². The average molecular weight is 358 g/mol. The van der Waals surface area contributed by atoms with Crippen molar-refractivity contribution in [1.29, 1.82) is 0 Å². The molecule has 2 heterocycles. The lowest BCUT2D eigenvalue weighted by Crippen LogP contribution is -2.57. The molecular weight excluding hydrogens is 332 g/mol. The van der Waals surface area contributed by atoms with E-state index in [-0.39, 0.29) is 18.9 Å². The summed E-state index contributed by atoms with van der Waals surface area (Å²) in [5, 5.41) is 21.1. The molecule has 6 heteroatoms. The number of aromatic nitrogens is 1. The van der Waals surface area contributed by atoms with Gasteiger partial charge in [0.15, 0.2) is 0 Å². The van der Waals surface area contributed by atoms with Gasteiger partial charge in [-0.3, -0.25) is 9.59 Å². The van der Waals surface area contributed by atoms with E-state index in [1.165, 1.54) is 0 Å². The van der Waals surface area contributed by atoms with Crippen molar-refractivity contribution in [2.75, 3.05) is 13.1 Å². The number of aromatic amines is 1. The molecule has 1 aliphatic heterocycles. The summed E-state index contributed by atoms with van der Waals surface area (Å²) in [4.78, 5) is 29.7. The summed E-state index contributed by atoms with van der Waals surface area (Å²) in [7, 11) is 0. The number of likely N-dealkylation sites (tertiary alicyclic amines) is 1. The third-order valence-corrected chi connectivity index (χ3v) is 5.61. The summed E-state index contributed by atoms with van der Waals surface area (Å²) < 4.78 is 0. The molecule has 0 aliphatic carbocycles. The lowest BCUT2D eigenvalue weighted by molar-refractivity contribution is -0.166. The predicted octanol–water partition coefficient (Wildman–Crippen LogP) is 2.48. The normalized spacial score (nSPS) is 23.3. The zero-order valence-corrected chi connectivity index (χ0v) is 15.3. The molecule has 0 radical (unpaired) electrons. The zero-order chi connectivity index (χ0) is 18.9. The highest BCUT2D eigenvalue weighted by Gasteiger charge is 2.49. The maximum Gasteiger partial charge on any atom is 0.314 e. The number of benzene rings is 1. The quantitative estimate of drug-likeness (QED) is 0.765. The molecule has 140 valence electrons. The fraction of sp³-hybridized carbons (Fsp3) is 0.500. The van der Waals surface area contributed by atoms with Crippen LogP contribution in [0.2, 0.25) is 0 Å². The number of carboxylic acids is 1. The summed E-state index contributed by atoms with van der Waals surface area (Å²) in [5.41, 5.74) is 1.63. The van der Waals surface area contributed by atoms with Crippen molar-refractivity contribution >= 4 is 22.8 Å². The highest BCUT2D eigenvalue weighted by molar-refractivity contribution is 5.90. The van der Waals surface area contributed by atoms with Crippen LogP contribution in [0.25, 0.3) is 10.9 Å². The van der Waals surface area contributed by atoms with Crippen LogP contribution in [0.5, 0.6) is 0 Å². The standard InChI is InChI=1S/C20H26N2O4/c1-3-9-20(19(25)26)12-22(10-8-17(20)23)18(24)11-15-13(2)21-16-7-5-4-6-14(15)16/h4-7,17,21,23H,3,8-12H2,1-2H3,(H,25,26)/t17-,20-/m1/s1. The number of aliphatic hydroxyl groups is 1. The van der Waals surface area contributed by atoms with Crippen LogP contribution in [0.3, 0.4) is 0 Å². The van der Waals surface area contributed by atoms with E-state index in [1.54, 1.807) is 4.90 Å². The number of carboxylic acid groups (broad SMARTS) is 1. The first-order valence-corrected chi connectivity index (χ1v) is 9.14. The Morgan fingerprint density at radius 1 is 1.35 bits per heavy atom. The van der Waals surface area contributed by atoms with Crippen LogP contribution < -0.4 is 0 Å². The van der Waals surface area contributed by atoms with Crippen LogP contribution in [-0.4, -0.2) is 51.2 Å². The molecule has 2 atom stereocenters. The molecule has 3 N–H and O–H groups in total. The SMILES string of the molecule is CCC[C@@]1(C(=O)O)CN(C(=O)Cc2c(C)[nH]c3ccccc23)CC[C@H]1O. The first-order valence-electron chi connectivity index (χ1n) is 9.14. The van der Waals surface area contributed by atoms with E-state index in [0.29, 0.717) is 25.8 Å². The van der Waals surface area contributed by atoms with Crippen molar-refractivity contribution < 1.29 is 19.8 Å². The topological polar surface area (TPSA) is 93.6 Å². The highest BCUT2D eigenvalue weighted by atomic mass is 16.4. The number of H-pyrrole nitrogens is 1. The number of aliphatic carboxylic acids is 1. The van der Waals surface area contributed by atoms with E-state index in [4.69, 9.17) is 0 Å². The van der Waals surface area contributed by atoms with E-state index < -0.39 is 17.5 Å². The number of piperidine rings is 1. The van der Waals surface area contributed by atoms with Gasteiger partial charge in [0.1, 0.15) is 5.41 Å². The number of nitrogens with zero attached hydrogens (tertiary/aromatic N) is 1. The Kier molecular flexibility index (Phi) is 5.05. The van der Waals surface area contributed by atoms with Crippen LogP contribution >= 0.6 is 0 Å². The number of hydrogen-bond acceptors (Lipinski definition) is 3. The molecule has 6 nitrogen and oxygen atoms in total. The molecule has 3 rings (SSSR count). The molecule has 1 saturated heterocycles. The van der Waals surface area contributed by atoms with Gasteiger partial charge in [-0.1, -0.05) is 31.5 Å². The van der Waals surface area contributed by atoms with Crippen molar-refractivity contribution in [1.82, 2.24) is 9.88 Å². The van der Waals surface area contributed by atoms with Gasteiger partial charge in [0.05, 0.1) is 12.5 Å². The Morgan fingerprint density at radius 2 is 2.08 bits per heavy atom. The van der Waals surface area contributed by atoms with Crippen molar-refractivity contribution in [2.45, 2.75) is 45.6 Å². The van der Waals surface area contributed by atoms with Gasteiger partial charge in [0.25, 0.3) is 0 Å². The van der Waals surface area contributed by atoms with Gasteiger partial charge in [0.2, 0.25) is 5.91 Å². The molecule has 0 spiro atoms. The molecule has 1 fully saturated rings. The van der Waals surface area contributed by atoms with Crippen molar-refractivity contribution in [2.24, 2.45) is 5.41 Å². The number of nitrogens with one attached hydrogen (secondary N) is 1. The summed E-state index contributed by atoms with van der Waals surface area (Å²) in [6, 6.07) is 7.85. The van der Waals surface area contributed by atoms with Gasteiger partial charge in [-0.2, -0.15) is 0 Å². The van der Waals surface area contributed by atoms with Crippen LogP contribution in [0.4, 0.5) is 0 Å². The van der Waals surface area contributed by atoms with Gasteiger partial charge in [-0.05, 0) is 31.4 Å². The Bertz CT molecular complexity index is 828. The van der Waals surface area contributed by atoms with Gasteiger partial charge >= 0.3 is 5.97 Å². The van der Waals surface area contributed by atoms with Crippen LogP contribution in [0.15, 0.2) is 24.3 Å². The Balaban J connectivity index is 1.83. The molecule has 1 aromatic carbocycles. The van der Waals surface area contributed by atoms with Crippen LogP contribution in [0.1, 0.15) is 37.4 Å². The first kappa shape index (κ1) is 18.5. The number of rotatable bonds is 5. The number of hydrogen-bond donors (Lipinski definition) is 3. The first-order chi connectivity index (χ1) is 12.4. The Hall–Kier alpha value is -2.34. The number of para-hydroxylation sites is 1. The lowest BCUT2D eigenvalue weighted by atomic mass is 9.74. The van der Waals surface area contributed by atoms with Crippen LogP contribution in [0, 0.1) is 12.3 Å².